The quantitative estimate of drug-likeness (QED) is 0.780. The zero-order valence-corrected chi connectivity index (χ0v) is 15.7. The van der Waals surface area contributed by atoms with Crippen LogP contribution in [0.1, 0.15) is 18.9 Å². The number of ether oxygens (including phenoxy) is 1. The SMILES string of the molecule is C[C@H](NC(=O)Nc1ccccc1)C(=O)OCC(=O)N1CCCc2ccccc21. The van der Waals surface area contributed by atoms with Crippen LogP contribution in [0.5, 0.6) is 0 Å². The van der Waals surface area contributed by atoms with Gasteiger partial charge in [0.25, 0.3) is 5.91 Å². The third-order valence-corrected chi connectivity index (χ3v) is 4.48. The van der Waals surface area contributed by atoms with E-state index in [0.29, 0.717) is 12.2 Å². The molecule has 0 bridgehead atoms. The molecule has 0 saturated carbocycles. The summed E-state index contributed by atoms with van der Waals surface area (Å²) in [7, 11) is 0. The van der Waals surface area contributed by atoms with Crippen molar-refractivity contribution < 1.29 is 19.1 Å². The molecule has 0 aromatic heterocycles. The van der Waals surface area contributed by atoms with Gasteiger partial charge in [-0.15, -0.1) is 0 Å². The minimum Gasteiger partial charge on any atom is -0.454 e. The smallest absolute Gasteiger partial charge is 0.328 e. The zero-order valence-electron chi connectivity index (χ0n) is 15.7. The van der Waals surface area contributed by atoms with Crippen molar-refractivity contribution in [2.45, 2.75) is 25.8 Å². The first kappa shape index (κ1) is 19.4. The van der Waals surface area contributed by atoms with Gasteiger partial charge in [-0.1, -0.05) is 36.4 Å². The molecule has 0 fully saturated rings. The van der Waals surface area contributed by atoms with E-state index < -0.39 is 18.0 Å². The van der Waals surface area contributed by atoms with Crippen molar-refractivity contribution in [2.24, 2.45) is 0 Å². The van der Waals surface area contributed by atoms with Gasteiger partial charge in [-0.25, -0.2) is 9.59 Å². The van der Waals surface area contributed by atoms with Crippen LogP contribution < -0.4 is 15.5 Å². The fourth-order valence-electron chi connectivity index (χ4n) is 3.07. The molecule has 0 radical (unpaired) electrons. The summed E-state index contributed by atoms with van der Waals surface area (Å²) in [5.74, 6) is -0.941. The number of anilines is 2. The van der Waals surface area contributed by atoms with Gasteiger partial charge in [0.05, 0.1) is 0 Å². The lowest BCUT2D eigenvalue weighted by atomic mass is 10.0. The van der Waals surface area contributed by atoms with E-state index in [1.165, 1.54) is 6.92 Å². The topological polar surface area (TPSA) is 87.7 Å². The summed E-state index contributed by atoms with van der Waals surface area (Å²) >= 11 is 0. The minimum absolute atomic E-state index is 0.276. The van der Waals surface area contributed by atoms with Crippen molar-refractivity contribution in [3.8, 4) is 0 Å². The lowest BCUT2D eigenvalue weighted by Gasteiger charge is -2.29. The zero-order chi connectivity index (χ0) is 19.9. The van der Waals surface area contributed by atoms with Crippen molar-refractivity contribution >= 4 is 29.3 Å². The third kappa shape index (κ3) is 4.88. The number of hydrogen-bond acceptors (Lipinski definition) is 4. The number of para-hydroxylation sites is 2. The number of nitrogens with zero attached hydrogens (tertiary/aromatic N) is 1. The van der Waals surface area contributed by atoms with E-state index in [-0.39, 0.29) is 12.5 Å². The van der Waals surface area contributed by atoms with Crippen molar-refractivity contribution in [3.05, 3.63) is 60.2 Å². The molecule has 0 saturated heterocycles. The standard InChI is InChI=1S/C21H23N3O4/c1-15(22-21(27)23-17-10-3-2-4-11-17)20(26)28-14-19(25)24-13-7-9-16-8-5-6-12-18(16)24/h2-6,8,10-12,15H,7,9,13-14H2,1H3,(H2,22,23,27)/t15-/m0/s1. The first-order valence-corrected chi connectivity index (χ1v) is 9.22. The molecule has 3 rings (SSSR count). The number of rotatable bonds is 5. The summed E-state index contributed by atoms with van der Waals surface area (Å²) in [4.78, 5) is 38.2. The molecular formula is C21H23N3O4. The fraction of sp³-hybridized carbons (Fsp3) is 0.286. The monoisotopic (exact) mass is 381 g/mol. The number of benzene rings is 2. The summed E-state index contributed by atoms with van der Waals surface area (Å²) in [6.45, 7) is 1.74. The molecule has 1 heterocycles. The summed E-state index contributed by atoms with van der Waals surface area (Å²) < 4.78 is 5.11. The summed E-state index contributed by atoms with van der Waals surface area (Å²) in [5.41, 5.74) is 2.59. The maximum absolute atomic E-state index is 12.5. The molecule has 0 unspecified atom stereocenters. The maximum Gasteiger partial charge on any atom is 0.328 e. The van der Waals surface area contributed by atoms with E-state index in [2.05, 4.69) is 10.6 Å². The predicted molar refractivity (Wildman–Crippen MR) is 106 cm³/mol. The second kappa shape index (κ2) is 9.03. The largest absolute Gasteiger partial charge is 0.454 e. The number of hydrogen-bond donors (Lipinski definition) is 2. The number of fused-ring (bicyclic) bond motifs is 1. The Morgan fingerprint density at radius 3 is 2.57 bits per heavy atom. The molecule has 28 heavy (non-hydrogen) atoms. The number of amides is 3. The van der Waals surface area contributed by atoms with Gasteiger partial charge in [0.1, 0.15) is 6.04 Å². The van der Waals surface area contributed by atoms with E-state index >= 15 is 0 Å². The van der Waals surface area contributed by atoms with Gasteiger partial charge in [-0.3, -0.25) is 4.79 Å². The fourth-order valence-corrected chi connectivity index (χ4v) is 3.07. The van der Waals surface area contributed by atoms with Gasteiger partial charge in [-0.2, -0.15) is 0 Å². The molecule has 2 aromatic rings. The van der Waals surface area contributed by atoms with Crippen LogP contribution in [0.15, 0.2) is 54.6 Å². The highest BCUT2D eigenvalue weighted by Gasteiger charge is 2.24. The minimum atomic E-state index is -0.884. The number of carbonyl (C=O) groups is 3. The van der Waals surface area contributed by atoms with Gasteiger partial charge >= 0.3 is 12.0 Å². The normalized spacial score (nSPS) is 13.8. The van der Waals surface area contributed by atoms with Crippen molar-refractivity contribution in [1.29, 1.82) is 0 Å². The third-order valence-electron chi connectivity index (χ3n) is 4.48. The summed E-state index contributed by atoms with van der Waals surface area (Å²) in [6.07, 6.45) is 1.80. The Hall–Kier alpha value is -3.35. The average molecular weight is 381 g/mol. The number of aryl methyl sites for hydroxylation is 1. The molecule has 2 N–H and O–H groups in total. The van der Waals surface area contributed by atoms with Crippen molar-refractivity contribution in [3.63, 3.8) is 0 Å². The summed E-state index contributed by atoms with van der Waals surface area (Å²) in [5, 5.41) is 5.12. The molecule has 146 valence electrons. The van der Waals surface area contributed by atoms with Crippen LogP contribution in [0, 0.1) is 0 Å². The average Bonchev–Trinajstić information content (AvgIpc) is 2.71. The number of carbonyl (C=O) groups excluding carboxylic acids is 3. The number of nitrogens with one attached hydrogen (secondary N) is 2. The van der Waals surface area contributed by atoms with Crippen LogP contribution in [0.25, 0.3) is 0 Å². The maximum atomic E-state index is 12.5. The Bertz CT molecular complexity index is 854. The van der Waals surface area contributed by atoms with Gasteiger partial charge < -0.3 is 20.3 Å². The van der Waals surface area contributed by atoms with Gasteiger partial charge in [0.15, 0.2) is 6.61 Å². The van der Waals surface area contributed by atoms with Crippen LogP contribution in [0.4, 0.5) is 16.2 Å². The highest BCUT2D eigenvalue weighted by atomic mass is 16.5. The van der Waals surface area contributed by atoms with E-state index in [1.807, 2.05) is 30.3 Å². The molecular weight excluding hydrogens is 358 g/mol. The molecule has 7 heteroatoms. The molecule has 0 spiro atoms. The Kier molecular flexibility index (Phi) is 6.26. The molecule has 1 aliphatic rings. The number of urea groups is 1. The van der Waals surface area contributed by atoms with Crippen LogP contribution in [0.3, 0.4) is 0 Å². The van der Waals surface area contributed by atoms with E-state index in [9.17, 15) is 14.4 Å². The Morgan fingerprint density at radius 2 is 1.79 bits per heavy atom. The molecule has 7 nitrogen and oxygen atoms in total. The Morgan fingerprint density at radius 1 is 1.07 bits per heavy atom. The van der Waals surface area contributed by atoms with Crippen LogP contribution in [-0.4, -0.2) is 37.1 Å². The van der Waals surface area contributed by atoms with Crippen LogP contribution in [-0.2, 0) is 20.7 Å². The van der Waals surface area contributed by atoms with E-state index in [4.69, 9.17) is 4.74 Å². The van der Waals surface area contributed by atoms with Crippen LogP contribution in [0.2, 0.25) is 0 Å². The highest BCUT2D eigenvalue weighted by Crippen LogP contribution is 2.26. The van der Waals surface area contributed by atoms with Crippen molar-refractivity contribution in [2.75, 3.05) is 23.4 Å². The lowest BCUT2D eigenvalue weighted by Crippen LogP contribution is -2.44. The predicted octanol–water partition coefficient (Wildman–Crippen LogP) is 2.72. The molecule has 1 aliphatic heterocycles. The highest BCUT2D eigenvalue weighted by molar-refractivity contribution is 5.97. The second-order valence-corrected chi connectivity index (χ2v) is 6.57. The van der Waals surface area contributed by atoms with Gasteiger partial charge in [-0.05, 0) is 43.5 Å². The van der Waals surface area contributed by atoms with Gasteiger partial charge in [0, 0.05) is 17.9 Å². The molecule has 2 aromatic carbocycles. The van der Waals surface area contributed by atoms with Gasteiger partial charge in [0.2, 0.25) is 0 Å². The van der Waals surface area contributed by atoms with E-state index in [1.54, 1.807) is 29.2 Å². The molecule has 1 atom stereocenters. The lowest BCUT2D eigenvalue weighted by molar-refractivity contribution is -0.149. The Balaban J connectivity index is 1.48. The first-order valence-electron chi connectivity index (χ1n) is 9.22. The molecule has 0 aliphatic carbocycles. The first-order chi connectivity index (χ1) is 13.5. The van der Waals surface area contributed by atoms with Crippen LogP contribution >= 0.6 is 0 Å². The number of esters is 1. The Labute approximate surface area is 163 Å². The van der Waals surface area contributed by atoms with Crippen molar-refractivity contribution in [1.82, 2.24) is 5.32 Å². The molecule has 3 amide bonds. The second-order valence-electron chi connectivity index (χ2n) is 6.57. The van der Waals surface area contributed by atoms with E-state index in [0.717, 1.165) is 24.1 Å². The summed E-state index contributed by atoms with van der Waals surface area (Å²) in [6, 6.07) is 15.2.